The largest absolute Gasteiger partial charge is 0.597 e. The maximum atomic E-state index is 10.7. The van der Waals surface area contributed by atoms with Gasteiger partial charge in [-0.15, -0.1) is 0 Å². The molecule has 0 radical (unpaired) electrons. The van der Waals surface area contributed by atoms with E-state index in [0.717, 1.165) is 0 Å². The van der Waals surface area contributed by atoms with Crippen molar-refractivity contribution in [3.05, 3.63) is 5.21 Å². The predicted molar refractivity (Wildman–Crippen MR) is 32.6 cm³/mol. The summed E-state index contributed by atoms with van der Waals surface area (Å²) in [5, 5.41) is 20.9. The van der Waals surface area contributed by atoms with Gasteiger partial charge in [-0.2, -0.15) is 0 Å². The molecule has 58 valence electrons. The molecule has 0 saturated heterocycles. The molecule has 0 heterocycles. The topological polar surface area (TPSA) is 75.7 Å². The van der Waals surface area contributed by atoms with Gasteiger partial charge in [0.15, 0.2) is 5.28 Å². The first-order chi connectivity index (χ1) is 4.42. The minimum atomic E-state index is -1.27. The van der Waals surface area contributed by atoms with Crippen LogP contribution in [0.5, 0.6) is 0 Å². The molecule has 0 saturated carbocycles. The highest BCUT2D eigenvalue weighted by Crippen LogP contribution is 2.08. The normalized spacial score (nSPS) is 13.3. The van der Waals surface area contributed by atoms with Gasteiger partial charge in [-0.05, 0) is 4.86 Å². The summed E-state index contributed by atoms with van der Waals surface area (Å²) >= 11 is 0. The van der Waals surface area contributed by atoms with Crippen LogP contribution < -0.4 is 0 Å². The first-order valence-electron chi connectivity index (χ1n) is 2.76. The molecule has 0 aliphatic carbocycles. The van der Waals surface area contributed by atoms with Gasteiger partial charge in [0.1, 0.15) is 0 Å². The Kier molecular flexibility index (Phi) is 2.34. The molecule has 0 aromatic rings. The number of hydrogen-bond acceptors (Lipinski definition) is 3. The van der Waals surface area contributed by atoms with Crippen molar-refractivity contribution in [3.63, 3.8) is 0 Å². The summed E-state index contributed by atoms with van der Waals surface area (Å²) in [6.45, 7) is 4.01. The Morgan fingerprint density at radius 3 is 2.20 bits per heavy atom. The third-order valence-corrected chi connectivity index (χ3v) is 1.42. The summed E-state index contributed by atoms with van der Waals surface area (Å²) in [4.78, 5) is 10.6. The van der Waals surface area contributed by atoms with Crippen molar-refractivity contribution in [2.24, 2.45) is 5.28 Å². The molecule has 0 fully saturated rings. The molecular weight excluding hydrogens is 136 g/mol. The molecule has 0 aromatic carbocycles. The van der Waals surface area contributed by atoms with Crippen LogP contribution in [0.15, 0.2) is 5.28 Å². The van der Waals surface area contributed by atoms with Gasteiger partial charge < -0.3 is 10.4 Å². The van der Waals surface area contributed by atoms with Crippen LogP contribution >= 0.6 is 0 Å². The predicted octanol–water partition coefficient (Wildman–Crippen LogP) is 0.706. The van der Waals surface area contributed by atoms with Crippen molar-refractivity contribution in [1.82, 2.24) is 0 Å². The van der Waals surface area contributed by atoms with Crippen molar-refractivity contribution < 1.29 is 14.9 Å². The van der Waals surface area contributed by atoms with Crippen LogP contribution in [-0.2, 0) is 4.79 Å². The standard InChI is InChI=1S/C5H10N2O3/c1-4(8)5(2,3)7(10)6-9/h9H,1-3H3/b7-6-. The zero-order valence-corrected chi connectivity index (χ0v) is 6.16. The highest BCUT2D eigenvalue weighted by Gasteiger charge is 2.34. The number of Topliss-reactive ketones (excluding diaryl/α,β-unsaturated/α-hetero) is 1. The van der Waals surface area contributed by atoms with Gasteiger partial charge in [0.2, 0.25) is 5.78 Å². The maximum Gasteiger partial charge on any atom is 0.254 e. The van der Waals surface area contributed by atoms with Crippen LogP contribution in [0.1, 0.15) is 20.8 Å². The molecule has 0 aliphatic heterocycles. The van der Waals surface area contributed by atoms with Crippen LogP contribution in [-0.4, -0.2) is 21.4 Å². The monoisotopic (exact) mass is 146 g/mol. The third-order valence-electron chi connectivity index (χ3n) is 1.42. The van der Waals surface area contributed by atoms with Gasteiger partial charge in [0.25, 0.3) is 5.54 Å². The molecule has 0 unspecified atom stereocenters. The minimum Gasteiger partial charge on any atom is -0.597 e. The molecule has 1 N–H and O–H groups in total. The van der Waals surface area contributed by atoms with E-state index in [1.807, 2.05) is 0 Å². The summed E-state index contributed by atoms with van der Waals surface area (Å²) in [7, 11) is 0. The number of carbonyl (C=O) groups excluding carboxylic acids is 1. The van der Waals surface area contributed by atoms with E-state index >= 15 is 0 Å². The SMILES string of the molecule is CC(=O)C(C)(C)/[N+]([O-])=N/O. The third kappa shape index (κ3) is 1.43. The summed E-state index contributed by atoms with van der Waals surface area (Å²) in [5.41, 5.74) is -1.27. The Morgan fingerprint density at radius 2 is 2.10 bits per heavy atom. The fourth-order valence-electron chi connectivity index (χ4n) is 0.246. The van der Waals surface area contributed by atoms with Crippen molar-refractivity contribution >= 4 is 5.78 Å². The zero-order valence-electron chi connectivity index (χ0n) is 6.16. The fourth-order valence-corrected chi connectivity index (χ4v) is 0.246. The van der Waals surface area contributed by atoms with E-state index in [9.17, 15) is 10.0 Å². The number of ketones is 1. The first-order valence-corrected chi connectivity index (χ1v) is 2.76. The molecule has 0 amide bonds. The second kappa shape index (κ2) is 2.64. The number of hydroxylamine groups is 1. The summed E-state index contributed by atoms with van der Waals surface area (Å²) in [6, 6.07) is 0. The summed E-state index contributed by atoms with van der Waals surface area (Å²) in [6.07, 6.45) is 0. The van der Waals surface area contributed by atoms with Gasteiger partial charge in [-0.3, -0.25) is 4.79 Å². The highest BCUT2D eigenvalue weighted by molar-refractivity contribution is 5.83. The molecule has 0 bridgehead atoms. The molecular formula is C5H10N2O3. The van der Waals surface area contributed by atoms with E-state index in [0.29, 0.717) is 0 Å². The second-order valence-electron chi connectivity index (χ2n) is 2.48. The highest BCUT2D eigenvalue weighted by atomic mass is 16.6. The smallest absolute Gasteiger partial charge is 0.254 e. The lowest BCUT2D eigenvalue weighted by atomic mass is 10.0. The number of carbonyl (C=O) groups is 1. The maximum absolute atomic E-state index is 10.7. The second-order valence-corrected chi connectivity index (χ2v) is 2.48. The first kappa shape index (κ1) is 8.87. The number of nitrogens with zero attached hydrogens (tertiary/aromatic N) is 2. The lowest BCUT2D eigenvalue weighted by Crippen LogP contribution is -2.38. The fraction of sp³-hybridized carbons (Fsp3) is 0.800. The van der Waals surface area contributed by atoms with Gasteiger partial charge in [-0.1, -0.05) is 0 Å². The van der Waals surface area contributed by atoms with Crippen molar-refractivity contribution in [2.75, 3.05) is 0 Å². The molecule has 5 nitrogen and oxygen atoms in total. The van der Waals surface area contributed by atoms with E-state index in [1.165, 1.54) is 20.8 Å². The summed E-state index contributed by atoms with van der Waals surface area (Å²) in [5.74, 6) is -0.347. The zero-order chi connectivity index (χ0) is 8.36. The van der Waals surface area contributed by atoms with Crippen molar-refractivity contribution in [3.8, 4) is 0 Å². The lowest BCUT2D eigenvalue weighted by Gasteiger charge is -2.14. The molecule has 0 aliphatic rings. The Hall–Kier alpha value is -1.13. The van der Waals surface area contributed by atoms with Gasteiger partial charge >= 0.3 is 0 Å². The van der Waals surface area contributed by atoms with Crippen LogP contribution in [0.3, 0.4) is 0 Å². The Morgan fingerprint density at radius 1 is 1.70 bits per heavy atom. The average Bonchev–Trinajstić information content (AvgIpc) is 1.86. The molecule has 0 atom stereocenters. The van der Waals surface area contributed by atoms with Gasteiger partial charge in [0, 0.05) is 20.8 Å². The van der Waals surface area contributed by atoms with E-state index in [1.54, 1.807) is 0 Å². The Labute approximate surface area is 58.5 Å². The van der Waals surface area contributed by atoms with Crippen LogP contribution in [0.4, 0.5) is 0 Å². The lowest BCUT2D eigenvalue weighted by molar-refractivity contribution is -0.608. The molecule has 5 heteroatoms. The number of hydrogen-bond donors (Lipinski definition) is 1. The van der Waals surface area contributed by atoms with E-state index in [2.05, 4.69) is 5.28 Å². The van der Waals surface area contributed by atoms with Gasteiger partial charge in [-0.25, -0.2) is 0 Å². The Balaban J connectivity index is 4.56. The molecule has 10 heavy (non-hydrogen) atoms. The van der Waals surface area contributed by atoms with Gasteiger partial charge in [0.05, 0.1) is 0 Å². The summed E-state index contributed by atoms with van der Waals surface area (Å²) < 4.78 is 0. The average molecular weight is 146 g/mol. The van der Waals surface area contributed by atoms with Crippen molar-refractivity contribution in [1.29, 1.82) is 0 Å². The minimum absolute atomic E-state index is 0.0324. The van der Waals surface area contributed by atoms with E-state index < -0.39 is 5.54 Å². The molecule has 0 spiro atoms. The number of rotatable bonds is 2. The molecule has 0 rings (SSSR count). The quantitative estimate of drug-likeness (QED) is 0.354. The van der Waals surface area contributed by atoms with Crippen LogP contribution in [0.25, 0.3) is 0 Å². The molecule has 0 aromatic heterocycles. The Bertz CT molecular complexity index is 174. The van der Waals surface area contributed by atoms with Crippen LogP contribution in [0.2, 0.25) is 0 Å². The van der Waals surface area contributed by atoms with E-state index in [4.69, 9.17) is 5.21 Å². The van der Waals surface area contributed by atoms with Crippen molar-refractivity contribution in [2.45, 2.75) is 26.3 Å². The van der Waals surface area contributed by atoms with Crippen LogP contribution in [0, 0.1) is 5.21 Å². The van der Waals surface area contributed by atoms with E-state index in [-0.39, 0.29) is 10.6 Å².